The summed E-state index contributed by atoms with van der Waals surface area (Å²) in [6, 6.07) is 11.6. The monoisotopic (exact) mass is 603 g/mol. The summed E-state index contributed by atoms with van der Waals surface area (Å²) in [5, 5.41) is 2.86. The summed E-state index contributed by atoms with van der Waals surface area (Å²) >= 11 is 2.11. The highest BCUT2D eigenvalue weighted by Gasteiger charge is 2.31. The second kappa shape index (κ2) is 13.0. The third-order valence-electron chi connectivity index (χ3n) is 5.28. The van der Waals surface area contributed by atoms with E-state index < -0.39 is 34.3 Å². The molecule has 2 amide bonds. The molecule has 34 heavy (non-hydrogen) atoms. The first kappa shape index (κ1) is 28.0. The van der Waals surface area contributed by atoms with Crippen molar-refractivity contribution in [2.75, 3.05) is 23.7 Å². The van der Waals surface area contributed by atoms with Gasteiger partial charge in [-0.15, -0.1) is 0 Å². The number of nitrogens with one attached hydrogen (secondary N) is 1. The van der Waals surface area contributed by atoms with Gasteiger partial charge in [0.2, 0.25) is 21.8 Å². The zero-order chi connectivity index (χ0) is 25.3. The van der Waals surface area contributed by atoms with Gasteiger partial charge in [-0.1, -0.05) is 32.4 Å². The Balaban J connectivity index is 2.37. The zero-order valence-corrected chi connectivity index (χ0v) is 22.6. The molecule has 1 N–H and O–H groups in total. The van der Waals surface area contributed by atoms with Gasteiger partial charge in [0.15, 0.2) is 0 Å². The molecule has 1 atom stereocenters. The predicted molar refractivity (Wildman–Crippen MR) is 140 cm³/mol. The number of halogens is 2. The van der Waals surface area contributed by atoms with Gasteiger partial charge in [0.25, 0.3) is 0 Å². The molecule has 7 nitrogen and oxygen atoms in total. The Labute approximate surface area is 214 Å². The van der Waals surface area contributed by atoms with E-state index in [1.165, 1.54) is 17.0 Å². The minimum absolute atomic E-state index is 0.0447. The second-order valence-corrected chi connectivity index (χ2v) is 11.1. The molecule has 0 radical (unpaired) electrons. The van der Waals surface area contributed by atoms with Crippen LogP contribution in [-0.2, 0) is 26.2 Å². The quantitative estimate of drug-likeness (QED) is 0.295. The van der Waals surface area contributed by atoms with Crippen LogP contribution in [0.1, 0.15) is 38.7 Å². The number of amides is 2. The molecule has 2 aromatic rings. The van der Waals surface area contributed by atoms with Gasteiger partial charge in [0, 0.05) is 16.7 Å². The molecule has 2 rings (SSSR count). The number of nitrogens with zero attached hydrogens (tertiary/aromatic N) is 2. The number of sulfonamides is 1. The smallest absolute Gasteiger partial charge is 0.244 e. The maximum absolute atomic E-state index is 13.5. The van der Waals surface area contributed by atoms with Gasteiger partial charge >= 0.3 is 0 Å². The minimum Gasteiger partial charge on any atom is -0.354 e. The first-order valence-corrected chi connectivity index (χ1v) is 14.0. The van der Waals surface area contributed by atoms with E-state index in [0.29, 0.717) is 24.2 Å². The van der Waals surface area contributed by atoms with Gasteiger partial charge in [-0.2, -0.15) is 0 Å². The summed E-state index contributed by atoms with van der Waals surface area (Å²) in [6.07, 6.45) is 3.10. The van der Waals surface area contributed by atoms with E-state index in [9.17, 15) is 22.4 Å². The highest BCUT2D eigenvalue weighted by molar-refractivity contribution is 14.1. The van der Waals surface area contributed by atoms with Crippen molar-refractivity contribution in [1.82, 2.24) is 10.2 Å². The molecule has 186 valence electrons. The van der Waals surface area contributed by atoms with Gasteiger partial charge < -0.3 is 10.2 Å². The fraction of sp³-hybridized carbons (Fsp3) is 0.417. The van der Waals surface area contributed by atoms with Crippen LogP contribution in [0.4, 0.5) is 10.1 Å². The second-order valence-electron chi connectivity index (χ2n) is 7.96. The Morgan fingerprint density at radius 2 is 1.68 bits per heavy atom. The largest absolute Gasteiger partial charge is 0.354 e. The number of carbonyl (C=O) groups excluding carboxylic acids is 2. The number of rotatable bonds is 12. The first-order chi connectivity index (χ1) is 16.1. The van der Waals surface area contributed by atoms with Crippen LogP contribution in [-0.4, -0.2) is 50.5 Å². The van der Waals surface area contributed by atoms with Crippen LogP contribution >= 0.6 is 22.6 Å². The van der Waals surface area contributed by atoms with Crippen molar-refractivity contribution in [1.29, 1.82) is 0 Å². The summed E-state index contributed by atoms with van der Waals surface area (Å²) in [6.45, 7) is 3.88. The van der Waals surface area contributed by atoms with Crippen molar-refractivity contribution >= 4 is 50.1 Å². The molecule has 10 heteroatoms. The van der Waals surface area contributed by atoms with Crippen LogP contribution < -0.4 is 9.62 Å². The Hall–Kier alpha value is -2.21. The van der Waals surface area contributed by atoms with E-state index in [4.69, 9.17) is 0 Å². The van der Waals surface area contributed by atoms with E-state index >= 15 is 0 Å². The molecule has 0 fully saturated rings. The lowest BCUT2D eigenvalue weighted by molar-refractivity contribution is -0.140. The summed E-state index contributed by atoms with van der Waals surface area (Å²) < 4.78 is 40.5. The first-order valence-electron chi connectivity index (χ1n) is 11.1. The fourth-order valence-electron chi connectivity index (χ4n) is 3.43. The predicted octanol–water partition coefficient (Wildman–Crippen LogP) is 3.92. The summed E-state index contributed by atoms with van der Waals surface area (Å²) in [5.74, 6) is -1.23. The molecule has 0 aliphatic heterocycles. The third kappa shape index (κ3) is 8.23. The van der Waals surface area contributed by atoms with Gasteiger partial charge in [-0.05, 0) is 77.4 Å². The van der Waals surface area contributed by atoms with Crippen LogP contribution in [0.2, 0.25) is 0 Å². The van der Waals surface area contributed by atoms with Crippen LogP contribution in [0.3, 0.4) is 0 Å². The summed E-state index contributed by atoms with van der Waals surface area (Å²) in [4.78, 5) is 27.8. The van der Waals surface area contributed by atoms with Gasteiger partial charge in [0.1, 0.15) is 18.4 Å². The Morgan fingerprint density at radius 3 is 2.21 bits per heavy atom. The highest BCUT2D eigenvalue weighted by atomic mass is 127. The molecule has 0 aliphatic rings. The summed E-state index contributed by atoms with van der Waals surface area (Å²) in [5.41, 5.74) is 0.994. The highest BCUT2D eigenvalue weighted by Crippen LogP contribution is 2.21. The number of hydrogen-bond acceptors (Lipinski definition) is 4. The topological polar surface area (TPSA) is 86.8 Å². The van der Waals surface area contributed by atoms with Crippen LogP contribution in [0.15, 0.2) is 48.5 Å². The lowest BCUT2D eigenvalue weighted by Crippen LogP contribution is -2.52. The van der Waals surface area contributed by atoms with Crippen LogP contribution in [0.5, 0.6) is 0 Å². The Morgan fingerprint density at radius 1 is 1.06 bits per heavy atom. The number of anilines is 1. The van der Waals surface area contributed by atoms with E-state index in [0.717, 1.165) is 27.0 Å². The lowest BCUT2D eigenvalue weighted by Gasteiger charge is -2.33. The SMILES string of the molecule is CCCCNC(=O)[C@@H](CC)N(Cc1ccc(F)cc1)C(=O)CN(c1ccc(I)cc1)S(C)(=O)=O. The Kier molecular flexibility index (Phi) is 10.7. The molecular weight excluding hydrogens is 572 g/mol. The zero-order valence-electron chi connectivity index (χ0n) is 19.6. The number of unbranched alkanes of at least 4 members (excludes halogenated alkanes) is 1. The van der Waals surface area contributed by atoms with Gasteiger partial charge in [-0.3, -0.25) is 13.9 Å². The average molecular weight is 603 g/mol. The Bertz CT molecular complexity index is 1060. The fourth-order valence-corrected chi connectivity index (χ4v) is 4.64. The molecule has 2 aromatic carbocycles. The maximum Gasteiger partial charge on any atom is 0.244 e. The molecule has 0 heterocycles. The molecule has 0 aliphatic carbocycles. The van der Waals surface area contributed by atoms with Crippen LogP contribution in [0, 0.1) is 9.39 Å². The molecule has 0 saturated heterocycles. The lowest BCUT2D eigenvalue weighted by atomic mass is 10.1. The van der Waals surface area contributed by atoms with E-state index in [-0.39, 0.29) is 12.5 Å². The molecule has 0 spiro atoms. The van der Waals surface area contributed by atoms with Gasteiger partial charge in [-0.25, -0.2) is 12.8 Å². The number of carbonyl (C=O) groups is 2. The number of benzene rings is 2. The van der Waals surface area contributed by atoms with Crippen molar-refractivity contribution in [2.45, 2.75) is 45.7 Å². The minimum atomic E-state index is -3.77. The van der Waals surface area contributed by atoms with Gasteiger partial charge in [0.05, 0.1) is 11.9 Å². The normalized spacial score (nSPS) is 12.1. The third-order valence-corrected chi connectivity index (χ3v) is 7.14. The van der Waals surface area contributed by atoms with Crippen molar-refractivity contribution < 1.29 is 22.4 Å². The van der Waals surface area contributed by atoms with Crippen molar-refractivity contribution in [2.24, 2.45) is 0 Å². The summed E-state index contributed by atoms with van der Waals surface area (Å²) in [7, 11) is -3.77. The van der Waals surface area contributed by atoms with Crippen molar-refractivity contribution in [3.8, 4) is 0 Å². The van der Waals surface area contributed by atoms with Crippen molar-refractivity contribution in [3.05, 3.63) is 63.5 Å². The van der Waals surface area contributed by atoms with E-state index in [2.05, 4.69) is 27.9 Å². The molecular formula is C24H31FIN3O4S. The van der Waals surface area contributed by atoms with E-state index in [1.807, 2.05) is 6.92 Å². The molecule has 0 unspecified atom stereocenters. The van der Waals surface area contributed by atoms with Crippen molar-refractivity contribution in [3.63, 3.8) is 0 Å². The maximum atomic E-state index is 13.5. The standard InChI is InChI=1S/C24H31FIN3O4S/c1-4-6-15-27-24(31)22(5-2)28(16-18-7-9-19(25)10-8-18)23(30)17-29(34(3,32)33)21-13-11-20(26)12-14-21/h7-14,22H,4-6,15-17H2,1-3H3,(H,27,31)/t22-/m1/s1. The average Bonchev–Trinajstić information content (AvgIpc) is 2.78. The number of hydrogen-bond donors (Lipinski definition) is 1. The molecule has 0 saturated carbocycles. The molecule has 0 bridgehead atoms. The molecule has 0 aromatic heterocycles. The van der Waals surface area contributed by atoms with E-state index in [1.54, 1.807) is 43.3 Å². The van der Waals surface area contributed by atoms with Crippen LogP contribution in [0.25, 0.3) is 0 Å².